The van der Waals surface area contributed by atoms with E-state index in [1.807, 2.05) is 30.3 Å². The Morgan fingerprint density at radius 1 is 1.00 bits per heavy atom. The molecule has 120 valence electrons. The molecule has 2 rings (SSSR count). The number of para-hydroxylation sites is 1. The third-order valence-electron chi connectivity index (χ3n) is 3.23. The monoisotopic (exact) mass is 312 g/mol. The van der Waals surface area contributed by atoms with Gasteiger partial charge in [0, 0.05) is 25.6 Å². The van der Waals surface area contributed by atoms with Gasteiger partial charge in [0.15, 0.2) is 5.75 Å². The molecule has 23 heavy (non-hydrogen) atoms. The lowest BCUT2D eigenvalue weighted by molar-refractivity contribution is 0.244. The molecule has 0 saturated carbocycles. The second kappa shape index (κ2) is 9.31. The van der Waals surface area contributed by atoms with Crippen LogP contribution in [0.15, 0.2) is 53.5 Å². The zero-order valence-electron chi connectivity index (χ0n) is 13.0. The van der Waals surface area contributed by atoms with E-state index in [0.717, 1.165) is 5.75 Å². The van der Waals surface area contributed by atoms with E-state index in [1.165, 1.54) is 0 Å². The maximum Gasteiger partial charge on any atom is 0.292 e. The third kappa shape index (κ3) is 5.51. The average Bonchev–Trinajstić information content (AvgIpc) is 2.58. The summed E-state index contributed by atoms with van der Waals surface area (Å²) in [6.45, 7) is 1.48. The minimum atomic E-state index is -0.158. The van der Waals surface area contributed by atoms with Gasteiger partial charge in [0.25, 0.3) is 5.56 Å². The molecular weight excluding hydrogens is 292 g/mol. The summed E-state index contributed by atoms with van der Waals surface area (Å²) in [7, 11) is 0. The van der Waals surface area contributed by atoms with E-state index in [9.17, 15) is 4.79 Å². The van der Waals surface area contributed by atoms with Crippen LogP contribution < -0.4 is 15.0 Å². The SMILES string of the molecule is N#CCCCn1cccc(OCCCOc2ccccc2)c1=O. The van der Waals surface area contributed by atoms with E-state index >= 15 is 0 Å². The van der Waals surface area contributed by atoms with Crippen LogP contribution in [0.2, 0.25) is 0 Å². The van der Waals surface area contributed by atoms with Crippen molar-refractivity contribution in [1.29, 1.82) is 5.26 Å². The number of unbranched alkanes of at least 4 members (excludes halogenated alkanes) is 1. The van der Waals surface area contributed by atoms with Gasteiger partial charge in [-0.15, -0.1) is 0 Å². The van der Waals surface area contributed by atoms with Gasteiger partial charge in [0.2, 0.25) is 0 Å². The van der Waals surface area contributed by atoms with Crippen molar-refractivity contribution in [1.82, 2.24) is 4.57 Å². The summed E-state index contributed by atoms with van der Waals surface area (Å²) < 4.78 is 12.7. The first-order valence-corrected chi connectivity index (χ1v) is 7.68. The highest BCUT2D eigenvalue weighted by Crippen LogP contribution is 2.09. The van der Waals surface area contributed by atoms with Gasteiger partial charge < -0.3 is 14.0 Å². The molecule has 1 heterocycles. The summed E-state index contributed by atoms with van der Waals surface area (Å²) in [4.78, 5) is 12.2. The third-order valence-corrected chi connectivity index (χ3v) is 3.23. The average molecular weight is 312 g/mol. The van der Waals surface area contributed by atoms with Crippen LogP contribution in [-0.2, 0) is 6.54 Å². The lowest BCUT2D eigenvalue weighted by Crippen LogP contribution is -2.21. The van der Waals surface area contributed by atoms with E-state index in [4.69, 9.17) is 14.7 Å². The van der Waals surface area contributed by atoms with Gasteiger partial charge in [-0.3, -0.25) is 4.79 Å². The highest BCUT2D eigenvalue weighted by molar-refractivity contribution is 5.20. The van der Waals surface area contributed by atoms with Crippen LogP contribution >= 0.6 is 0 Å². The van der Waals surface area contributed by atoms with Crippen molar-refractivity contribution in [2.75, 3.05) is 13.2 Å². The van der Waals surface area contributed by atoms with Gasteiger partial charge in [-0.2, -0.15) is 5.26 Å². The number of pyridine rings is 1. The summed E-state index contributed by atoms with van der Waals surface area (Å²) in [5.41, 5.74) is -0.158. The van der Waals surface area contributed by atoms with Crippen LogP contribution in [0.1, 0.15) is 19.3 Å². The summed E-state index contributed by atoms with van der Waals surface area (Å²) in [5.74, 6) is 1.16. The molecule has 0 spiro atoms. The Hall–Kier alpha value is -2.74. The fourth-order valence-electron chi connectivity index (χ4n) is 2.08. The molecule has 0 aliphatic carbocycles. The summed E-state index contributed by atoms with van der Waals surface area (Å²) in [6.07, 6.45) is 3.50. The van der Waals surface area contributed by atoms with Gasteiger partial charge in [0.1, 0.15) is 5.75 Å². The van der Waals surface area contributed by atoms with Gasteiger partial charge in [0.05, 0.1) is 19.3 Å². The summed E-state index contributed by atoms with van der Waals surface area (Å²) in [5, 5.41) is 8.54. The predicted octanol–water partition coefficient (Wildman–Crippen LogP) is 3.00. The largest absolute Gasteiger partial charge is 0.493 e. The van der Waals surface area contributed by atoms with E-state index < -0.39 is 0 Å². The number of hydrogen-bond donors (Lipinski definition) is 0. The summed E-state index contributed by atoms with van der Waals surface area (Å²) in [6, 6.07) is 15.1. The molecule has 0 bridgehead atoms. The minimum Gasteiger partial charge on any atom is -0.493 e. The number of hydrogen-bond acceptors (Lipinski definition) is 4. The van der Waals surface area contributed by atoms with Gasteiger partial charge in [-0.05, 0) is 30.7 Å². The molecule has 2 aromatic rings. The van der Waals surface area contributed by atoms with E-state index in [-0.39, 0.29) is 5.56 Å². The molecule has 5 nitrogen and oxygen atoms in total. The van der Waals surface area contributed by atoms with Crippen molar-refractivity contribution in [3.05, 3.63) is 59.0 Å². The van der Waals surface area contributed by atoms with Crippen molar-refractivity contribution in [3.63, 3.8) is 0 Å². The van der Waals surface area contributed by atoms with Crippen LogP contribution in [0.25, 0.3) is 0 Å². The topological polar surface area (TPSA) is 64.2 Å². The maximum atomic E-state index is 12.2. The van der Waals surface area contributed by atoms with Crippen LogP contribution in [0.5, 0.6) is 11.5 Å². The van der Waals surface area contributed by atoms with Gasteiger partial charge in [-0.25, -0.2) is 0 Å². The maximum absolute atomic E-state index is 12.2. The van der Waals surface area contributed by atoms with E-state index in [0.29, 0.717) is 44.8 Å². The normalized spacial score (nSPS) is 10.0. The quantitative estimate of drug-likeness (QED) is 0.668. The van der Waals surface area contributed by atoms with Crippen LogP contribution in [0.3, 0.4) is 0 Å². The molecule has 0 radical (unpaired) electrons. The minimum absolute atomic E-state index is 0.158. The standard InChI is InChI=1S/C18H20N2O3/c19-11-4-5-12-20-13-6-10-17(18(20)21)23-15-7-14-22-16-8-2-1-3-9-16/h1-3,6,8-10,13H,4-5,7,12,14-15H2. The van der Waals surface area contributed by atoms with Crippen molar-refractivity contribution in [3.8, 4) is 17.6 Å². The Morgan fingerprint density at radius 3 is 2.57 bits per heavy atom. The molecule has 0 atom stereocenters. The van der Waals surface area contributed by atoms with Crippen molar-refractivity contribution < 1.29 is 9.47 Å². The highest BCUT2D eigenvalue weighted by atomic mass is 16.5. The molecular formula is C18H20N2O3. The first-order chi connectivity index (χ1) is 11.3. The van der Waals surface area contributed by atoms with Crippen LogP contribution in [-0.4, -0.2) is 17.8 Å². The summed E-state index contributed by atoms with van der Waals surface area (Å²) >= 11 is 0. The molecule has 0 N–H and O–H groups in total. The smallest absolute Gasteiger partial charge is 0.292 e. The first kappa shape index (κ1) is 16.6. The van der Waals surface area contributed by atoms with Crippen LogP contribution in [0.4, 0.5) is 0 Å². The molecule has 0 unspecified atom stereocenters. The van der Waals surface area contributed by atoms with Crippen molar-refractivity contribution >= 4 is 0 Å². The molecule has 0 saturated heterocycles. The predicted molar refractivity (Wildman–Crippen MR) is 87.6 cm³/mol. The zero-order valence-corrected chi connectivity index (χ0v) is 13.0. The number of nitriles is 1. The van der Waals surface area contributed by atoms with E-state index in [2.05, 4.69) is 6.07 Å². The molecule has 0 fully saturated rings. The number of ether oxygens (including phenoxy) is 2. The van der Waals surface area contributed by atoms with Crippen LogP contribution in [0, 0.1) is 11.3 Å². The fourth-order valence-corrected chi connectivity index (χ4v) is 2.08. The number of benzene rings is 1. The first-order valence-electron chi connectivity index (χ1n) is 7.68. The number of rotatable bonds is 9. The number of nitrogens with zero attached hydrogens (tertiary/aromatic N) is 2. The Kier molecular flexibility index (Phi) is 6.73. The molecule has 0 amide bonds. The number of aryl methyl sites for hydroxylation is 1. The lowest BCUT2D eigenvalue weighted by atomic mass is 10.3. The molecule has 0 aliphatic rings. The lowest BCUT2D eigenvalue weighted by Gasteiger charge is -2.09. The Bertz CT molecular complexity index is 689. The van der Waals surface area contributed by atoms with Crippen molar-refractivity contribution in [2.45, 2.75) is 25.8 Å². The molecule has 1 aromatic carbocycles. The second-order valence-corrected chi connectivity index (χ2v) is 5.00. The molecule has 1 aromatic heterocycles. The fraction of sp³-hybridized carbons (Fsp3) is 0.333. The number of aromatic nitrogens is 1. The second-order valence-electron chi connectivity index (χ2n) is 5.00. The molecule has 0 aliphatic heterocycles. The Morgan fingerprint density at radius 2 is 1.78 bits per heavy atom. The highest BCUT2D eigenvalue weighted by Gasteiger charge is 2.04. The molecule has 5 heteroatoms. The zero-order chi connectivity index (χ0) is 16.3. The van der Waals surface area contributed by atoms with Gasteiger partial charge >= 0.3 is 0 Å². The van der Waals surface area contributed by atoms with Crippen molar-refractivity contribution in [2.24, 2.45) is 0 Å². The Balaban J connectivity index is 1.76. The van der Waals surface area contributed by atoms with E-state index in [1.54, 1.807) is 22.9 Å². The van der Waals surface area contributed by atoms with Gasteiger partial charge in [-0.1, -0.05) is 18.2 Å². The Labute approximate surface area is 135 Å².